The van der Waals surface area contributed by atoms with E-state index >= 15 is 0 Å². The lowest BCUT2D eigenvalue weighted by atomic mass is 9.86. The summed E-state index contributed by atoms with van der Waals surface area (Å²) < 4.78 is 1.35. The lowest BCUT2D eigenvalue weighted by molar-refractivity contribution is -0.116. The molecule has 5 heteroatoms. The molecule has 3 aromatic rings. The summed E-state index contributed by atoms with van der Waals surface area (Å²) in [7, 11) is 0. The van der Waals surface area contributed by atoms with Gasteiger partial charge in [-0.05, 0) is 34.7 Å². The van der Waals surface area contributed by atoms with E-state index < -0.39 is 0 Å². The molecule has 0 atom stereocenters. The number of carbonyl (C=O) groups excluding carboxylic acids is 1. The van der Waals surface area contributed by atoms with Crippen molar-refractivity contribution in [2.45, 2.75) is 51.4 Å². The fourth-order valence-corrected chi connectivity index (χ4v) is 5.59. The number of benzene rings is 1. The van der Waals surface area contributed by atoms with Gasteiger partial charge in [0, 0.05) is 28.6 Å². The number of nitrogens with one attached hydrogen (secondary N) is 1. The standard InChI is InChI=1S/C21H24N2OS2/c24-19(10-9-15-5-2-1-3-6-15)23-21-22-14-18(26-21)13-17-8-4-7-16-11-12-25-20(16)17/h4,7-8,11-12,14-15H,1-3,5-6,9-10,13H2,(H,22,23,24). The van der Waals surface area contributed by atoms with Crippen LogP contribution in [-0.4, -0.2) is 10.9 Å². The SMILES string of the molecule is O=C(CCC1CCCCC1)Nc1ncc(Cc2cccc3ccsc23)s1. The molecule has 1 fully saturated rings. The molecule has 0 spiro atoms. The van der Waals surface area contributed by atoms with Gasteiger partial charge < -0.3 is 5.32 Å². The van der Waals surface area contributed by atoms with Crippen LogP contribution in [0.5, 0.6) is 0 Å². The van der Waals surface area contributed by atoms with Crippen LogP contribution in [0, 0.1) is 5.92 Å². The molecule has 1 N–H and O–H groups in total. The predicted molar refractivity (Wildman–Crippen MR) is 111 cm³/mol. The number of anilines is 1. The topological polar surface area (TPSA) is 42.0 Å². The molecule has 1 aromatic carbocycles. The number of carbonyl (C=O) groups is 1. The summed E-state index contributed by atoms with van der Waals surface area (Å²) in [6.07, 6.45) is 11.0. The molecule has 0 radical (unpaired) electrons. The van der Waals surface area contributed by atoms with E-state index in [0.717, 1.165) is 23.9 Å². The van der Waals surface area contributed by atoms with Crippen molar-refractivity contribution in [3.63, 3.8) is 0 Å². The van der Waals surface area contributed by atoms with Crippen molar-refractivity contribution in [3.05, 3.63) is 46.3 Å². The highest BCUT2D eigenvalue weighted by Gasteiger charge is 2.15. The van der Waals surface area contributed by atoms with Crippen molar-refractivity contribution in [2.24, 2.45) is 5.92 Å². The van der Waals surface area contributed by atoms with Gasteiger partial charge in [0.1, 0.15) is 0 Å². The van der Waals surface area contributed by atoms with E-state index in [9.17, 15) is 4.79 Å². The number of hydrogen-bond donors (Lipinski definition) is 1. The van der Waals surface area contributed by atoms with Gasteiger partial charge in [0.25, 0.3) is 0 Å². The lowest BCUT2D eigenvalue weighted by Gasteiger charge is -2.20. The maximum absolute atomic E-state index is 12.2. The van der Waals surface area contributed by atoms with E-state index in [1.165, 1.54) is 52.6 Å². The Hall–Kier alpha value is -1.72. The molecular weight excluding hydrogens is 360 g/mol. The molecule has 136 valence electrons. The number of thiazole rings is 1. The maximum atomic E-state index is 12.2. The smallest absolute Gasteiger partial charge is 0.226 e. The zero-order chi connectivity index (χ0) is 17.8. The number of rotatable bonds is 6. The summed E-state index contributed by atoms with van der Waals surface area (Å²) in [5.74, 6) is 0.851. The van der Waals surface area contributed by atoms with Crippen molar-refractivity contribution in [1.29, 1.82) is 0 Å². The first-order valence-corrected chi connectivity index (χ1v) is 11.2. The summed E-state index contributed by atoms with van der Waals surface area (Å²) in [6.45, 7) is 0. The van der Waals surface area contributed by atoms with Gasteiger partial charge in [0.05, 0.1) is 0 Å². The van der Waals surface area contributed by atoms with Crippen LogP contribution < -0.4 is 5.32 Å². The fourth-order valence-electron chi connectivity index (χ4n) is 3.82. The van der Waals surface area contributed by atoms with Crippen LogP contribution in [-0.2, 0) is 11.2 Å². The Labute approximate surface area is 162 Å². The minimum Gasteiger partial charge on any atom is -0.302 e. The second-order valence-corrected chi connectivity index (χ2v) is 9.19. The molecular formula is C21H24N2OS2. The first kappa shape index (κ1) is 17.7. The summed E-state index contributed by atoms with van der Waals surface area (Å²) in [5.41, 5.74) is 1.33. The number of aromatic nitrogens is 1. The molecule has 0 aliphatic heterocycles. The van der Waals surface area contributed by atoms with E-state index in [-0.39, 0.29) is 5.91 Å². The van der Waals surface area contributed by atoms with Gasteiger partial charge in [-0.1, -0.05) is 50.3 Å². The molecule has 2 heterocycles. The molecule has 3 nitrogen and oxygen atoms in total. The average molecular weight is 385 g/mol. The summed E-state index contributed by atoms with van der Waals surface area (Å²) in [4.78, 5) is 17.8. The molecule has 1 aliphatic carbocycles. The monoisotopic (exact) mass is 384 g/mol. The van der Waals surface area contributed by atoms with Gasteiger partial charge in [-0.3, -0.25) is 4.79 Å². The van der Waals surface area contributed by atoms with Gasteiger partial charge in [0.2, 0.25) is 5.91 Å². The van der Waals surface area contributed by atoms with Crippen molar-refractivity contribution < 1.29 is 4.79 Å². The fraction of sp³-hybridized carbons (Fsp3) is 0.429. The maximum Gasteiger partial charge on any atom is 0.226 e. The molecule has 26 heavy (non-hydrogen) atoms. The highest BCUT2D eigenvalue weighted by molar-refractivity contribution is 7.17. The van der Waals surface area contributed by atoms with Crippen LogP contribution in [0.15, 0.2) is 35.8 Å². The first-order valence-electron chi connectivity index (χ1n) is 9.47. The van der Waals surface area contributed by atoms with Crippen molar-refractivity contribution in [3.8, 4) is 0 Å². The Bertz CT molecular complexity index is 877. The van der Waals surface area contributed by atoms with Crippen LogP contribution in [0.3, 0.4) is 0 Å². The first-order chi connectivity index (χ1) is 12.8. The molecule has 0 bridgehead atoms. The van der Waals surface area contributed by atoms with Crippen LogP contribution in [0.25, 0.3) is 10.1 Å². The number of thiophene rings is 1. The van der Waals surface area contributed by atoms with Crippen LogP contribution in [0.2, 0.25) is 0 Å². The van der Waals surface area contributed by atoms with E-state index in [1.807, 2.05) is 6.20 Å². The number of hydrogen-bond acceptors (Lipinski definition) is 4. The molecule has 1 saturated carbocycles. The largest absolute Gasteiger partial charge is 0.302 e. The number of nitrogens with zero attached hydrogens (tertiary/aromatic N) is 1. The van der Waals surface area contributed by atoms with E-state index in [4.69, 9.17) is 0 Å². The normalized spacial score (nSPS) is 15.4. The second-order valence-electron chi connectivity index (χ2n) is 7.16. The third-order valence-corrected chi connectivity index (χ3v) is 7.15. The second kappa shape index (κ2) is 8.31. The van der Waals surface area contributed by atoms with Gasteiger partial charge in [0.15, 0.2) is 5.13 Å². The Morgan fingerprint density at radius 3 is 2.96 bits per heavy atom. The van der Waals surface area contributed by atoms with E-state index in [0.29, 0.717) is 6.42 Å². The molecule has 0 saturated heterocycles. The highest BCUT2D eigenvalue weighted by atomic mass is 32.1. The number of amides is 1. The Morgan fingerprint density at radius 2 is 2.08 bits per heavy atom. The molecule has 2 aromatic heterocycles. The van der Waals surface area contributed by atoms with E-state index in [1.54, 1.807) is 22.7 Å². The Balaban J connectivity index is 1.32. The Kier molecular flexibility index (Phi) is 5.65. The predicted octanol–water partition coefficient (Wildman–Crippen LogP) is 6.25. The highest BCUT2D eigenvalue weighted by Crippen LogP contribution is 2.30. The minimum atomic E-state index is 0.108. The zero-order valence-electron chi connectivity index (χ0n) is 14.9. The van der Waals surface area contributed by atoms with Gasteiger partial charge in [-0.15, -0.1) is 22.7 Å². The van der Waals surface area contributed by atoms with E-state index in [2.05, 4.69) is 39.9 Å². The molecule has 1 amide bonds. The van der Waals surface area contributed by atoms with Gasteiger partial charge in [-0.25, -0.2) is 4.98 Å². The summed E-state index contributed by atoms with van der Waals surface area (Å²) in [6, 6.07) is 8.61. The van der Waals surface area contributed by atoms with Crippen LogP contribution in [0.1, 0.15) is 55.4 Å². The minimum absolute atomic E-state index is 0.108. The lowest BCUT2D eigenvalue weighted by Crippen LogP contribution is -2.14. The third kappa shape index (κ3) is 4.33. The third-order valence-electron chi connectivity index (χ3n) is 5.23. The van der Waals surface area contributed by atoms with Crippen molar-refractivity contribution in [2.75, 3.05) is 5.32 Å². The quantitative estimate of drug-likeness (QED) is 0.546. The zero-order valence-corrected chi connectivity index (χ0v) is 16.5. The van der Waals surface area contributed by atoms with Gasteiger partial charge >= 0.3 is 0 Å². The Morgan fingerprint density at radius 1 is 1.19 bits per heavy atom. The van der Waals surface area contributed by atoms with Gasteiger partial charge in [-0.2, -0.15) is 0 Å². The number of fused-ring (bicyclic) bond motifs is 1. The van der Waals surface area contributed by atoms with Crippen molar-refractivity contribution in [1.82, 2.24) is 4.98 Å². The van der Waals surface area contributed by atoms with Crippen LogP contribution in [0.4, 0.5) is 5.13 Å². The summed E-state index contributed by atoms with van der Waals surface area (Å²) >= 11 is 3.38. The van der Waals surface area contributed by atoms with Crippen molar-refractivity contribution >= 4 is 43.8 Å². The molecule has 4 rings (SSSR count). The van der Waals surface area contributed by atoms with Crippen LogP contribution >= 0.6 is 22.7 Å². The molecule has 1 aliphatic rings. The molecule has 0 unspecified atom stereocenters. The summed E-state index contributed by atoms with van der Waals surface area (Å²) in [5, 5.41) is 7.16. The average Bonchev–Trinajstić information content (AvgIpc) is 3.31.